The van der Waals surface area contributed by atoms with Crippen molar-refractivity contribution in [3.8, 4) is 0 Å². The Labute approximate surface area is 55.4 Å². The molecule has 8 heavy (non-hydrogen) atoms. The minimum Gasteiger partial charge on any atom is -0.289 e. The van der Waals surface area contributed by atoms with E-state index in [4.69, 9.17) is 0 Å². The molecule has 0 aliphatic carbocycles. The fraction of sp³-hybridized carbons (Fsp3) is 0.800. The maximum atomic E-state index is 10.4. The molecule has 0 saturated carbocycles. The Bertz CT molecular complexity index is 84.5. The van der Waals surface area contributed by atoms with E-state index in [-0.39, 0.29) is 5.91 Å². The number of rotatable bonds is 2. The Balaban J connectivity index is 3.32. The number of thiol groups is 1. The fourth-order valence-electron chi connectivity index (χ4n) is 0.369. The summed E-state index contributed by atoms with van der Waals surface area (Å²) in [5, 5.41) is 0. The molecule has 0 unspecified atom stereocenters. The normalized spacial score (nSPS) is 8.88. The van der Waals surface area contributed by atoms with Crippen molar-refractivity contribution >= 4 is 18.7 Å². The van der Waals surface area contributed by atoms with Crippen molar-refractivity contribution in [3.63, 3.8) is 0 Å². The van der Waals surface area contributed by atoms with E-state index >= 15 is 0 Å². The highest BCUT2D eigenvalue weighted by Crippen LogP contribution is 1.93. The second-order valence-electron chi connectivity index (χ2n) is 1.64. The average Bonchev–Trinajstić information content (AvgIpc) is 1.67. The van der Waals surface area contributed by atoms with Gasteiger partial charge in [-0.15, -0.1) is 0 Å². The monoisotopic (exact) mass is 133 g/mol. The molecule has 0 rings (SSSR count). The Morgan fingerprint density at radius 3 is 2.38 bits per heavy atom. The molecule has 0 spiro atoms. The minimum absolute atomic E-state index is 0.00943. The highest BCUT2D eigenvalue weighted by molar-refractivity contribution is 7.78. The number of hydrogen-bond acceptors (Lipinski definition) is 2. The standard InChI is InChI=1S/C5H11NOS/c1-3-4-6(8)5(2)7/h8H,3-4H2,1-2H3. The van der Waals surface area contributed by atoms with Gasteiger partial charge in [0.15, 0.2) is 0 Å². The van der Waals surface area contributed by atoms with Crippen LogP contribution in [0.2, 0.25) is 0 Å². The number of nitrogens with zero attached hydrogens (tertiary/aromatic N) is 1. The lowest BCUT2D eigenvalue weighted by molar-refractivity contribution is -0.123. The molecule has 0 aromatic carbocycles. The van der Waals surface area contributed by atoms with E-state index in [2.05, 4.69) is 12.8 Å². The van der Waals surface area contributed by atoms with Crippen molar-refractivity contribution in [3.05, 3.63) is 0 Å². The van der Waals surface area contributed by atoms with Gasteiger partial charge in [0.2, 0.25) is 5.91 Å². The molecular formula is C5H11NOS. The van der Waals surface area contributed by atoms with Gasteiger partial charge in [-0.3, -0.25) is 9.10 Å². The molecule has 0 heterocycles. The minimum atomic E-state index is 0.00943. The van der Waals surface area contributed by atoms with Crippen LogP contribution in [0.1, 0.15) is 20.3 Å². The lowest BCUT2D eigenvalue weighted by Gasteiger charge is -2.09. The second kappa shape index (κ2) is 3.78. The van der Waals surface area contributed by atoms with Gasteiger partial charge >= 0.3 is 0 Å². The van der Waals surface area contributed by atoms with E-state index in [9.17, 15) is 4.79 Å². The molecule has 0 aliphatic heterocycles. The van der Waals surface area contributed by atoms with Crippen molar-refractivity contribution in [2.45, 2.75) is 20.3 Å². The molecule has 0 aliphatic rings. The lowest BCUT2D eigenvalue weighted by Crippen LogP contribution is -2.18. The van der Waals surface area contributed by atoms with Crippen LogP contribution in [-0.4, -0.2) is 16.8 Å². The number of amides is 1. The van der Waals surface area contributed by atoms with Gasteiger partial charge in [0.1, 0.15) is 0 Å². The second-order valence-corrected chi connectivity index (χ2v) is 2.13. The molecule has 0 radical (unpaired) electrons. The lowest BCUT2D eigenvalue weighted by atomic mass is 10.5. The summed E-state index contributed by atoms with van der Waals surface area (Å²) in [6, 6.07) is 0. The van der Waals surface area contributed by atoms with Crippen LogP contribution in [0, 0.1) is 0 Å². The van der Waals surface area contributed by atoms with E-state index in [0.717, 1.165) is 13.0 Å². The first-order valence-electron chi connectivity index (χ1n) is 2.65. The topological polar surface area (TPSA) is 20.3 Å². The molecule has 0 saturated heterocycles. The Kier molecular flexibility index (Phi) is 3.69. The van der Waals surface area contributed by atoms with E-state index in [0.29, 0.717) is 0 Å². The van der Waals surface area contributed by atoms with Crippen LogP contribution in [0.25, 0.3) is 0 Å². The van der Waals surface area contributed by atoms with Gasteiger partial charge in [0.25, 0.3) is 0 Å². The largest absolute Gasteiger partial charge is 0.289 e. The van der Waals surface area contributed by atoms with Crippen LogP contribution in [0.15, 0.2) is 0 Å². The Morgan fingerprint density at radius 2 is 2.25 bits per heavy atom. The maximum absolute atomic E-state index is 10.4. The van der Waals surface area contributed by atoms with E-state index in [1.165, 1.54) is 11.2 Å². The van der Waals surface area contributed by atoms with E-state index in [1.54, 1.807) is 0 Å². The zero-order chi connectivity index (χ0) is 6.57. The number of carbonyl (C=O) groups is 1. The predicted octanol–water partition coefficient (Wildman–Crippen LogP) is 1.09. The summed E-state index contributed by atoms with van der Waals surface area (Å²) in [5.41, 5.74) is 0. The smallest absolute Gasteiger partial charge is 0.229 e. The summed E-state index contributed by atoms with van der Waals surface area (Å²) < 4.78 is 1.40. The quantitative estimate of drug-likeness (QED) is 0.559. The summed E-state index contributed by atoms with van der Waals surface area (Å²) in [6.07, 6.45) is 0.961. The number of hydrogen-bond donors (Lipinski definition) is 1. The van der Waals surface area contributed by atoms with Crippen LogP contribution in [0.5, 0.6) is 0 Å². The fourth-order valence-corrected chi connectivity index (χ4v) is 0.569. The third kappa shape index (κ3) is 2.91. The zero-order valence-electron chi connectivity index (χ0n) is 5.22. The van der Waals surface area contributed by atoms with Gasteiger partial charge in [0, 0.05) is 13.5 Å². The first kappa shape index (κ1) is 7.82. The molecule has 0 bridgehead atoms. The third-order valence-corrected chi connectivity index (χ3v) is 1.28. The van der Waals surface area contributed by atoms with Crippen molar-refractivity contribution in [2.75, 3.05) is 6.54 Å². The van der Waals surface area contributed by atoms with E-state index < -0.39 is 0 Å². The van der Waals surface area contributed by atoms with Crippen LogP contribution in [0.3, 0.4) is 0 Å². The summed E-state index contributed by atoms with van der Waals surface area (Å²) in [5.74, 6) is 0.00943. The molecule has 2 nitrogen and oxygen atoms in total. The SMILES string of the molecule is CCCN(S)C(C)=O. The summed E-state index contributed by atoms with van der Waals surface area (Å²) in [7, 11) is 0. The van der Waals surface area contributed by atoms with Crippen LogP contribution >= 0.6 is 12.8 Å². The molecule has 0 aromatic rings. The third-order valence-electron chi connectivity index (χ3n) is 0.799. The van der Waals surface area contributed by atoms with Crippen molar-refractivity contribution in [1.82, 2.24) is 4.31 Å². The Morgan fingerprint density at radius 1 is 1.75 bits per heavy atom. The Hall–Kier alpha value is -0.180. The molecule has 1 amide bonds. The molecule has 0 aromatic heterocycles. The van der Waals surface area contributed by atoms with Gasteiger partial charge in [0.05, 0.1) is 0 Å². The molecule has 0 atom stereocenters. The van der Waals surface area contributed by atoms with Gasteiger partial charge in [-0.05, 0) is 6.42 Å². The highest BCUT2D eigenvalue weighted by Gasteiger charge is 1.98. The van der Waals surface area contributed by atoms with Crippen LogP contribution in [-0.2, 0) is 4.79 Å². The van der Waals surface area contributed by atoms with E-state index in [1.807, 2.05) is 6.92 Å². The van der Waals surface area contributed by atoms with Gasteiger partial charge in [-0.1, -0.05) is 19.7 Å². The van der Waals surface area contributed by atoms with Gasteiger partial charge in [-0.2, -0.15) is 0 Å². The van der Waals surface area contributed by atoms with Crippen molar-refractivity contribution in [2.24, 2.45) is 0 Å². The first-order valence-corrected chi connectivity index (χ1v) is 3.05. The summed E-state index contributed by atoms with van der Waals surface area (Å²) >= 11 is 3.89. The molecule has 3 heteroatoms. The first-order chi connectivity index (χ1) is 3.68. The van der Waals surface area contributed by atoms with Crippen LogP contribution in [0.4, 0.5) is 0 Å². The van der Waals surface area contributed by atoms with Crippen molar-refractivity contribution < 1.29 is 4.79 Å². The molecule has 48 valence electrons. The zero-order valence-corrected chi connectivity index (χ0v) is 6.11. The maximum Gasteiger partial charge on any atom is 0.229 e. The van der Waals surface area contributed by atoms with Gasteiger partial charge in [-0.25, -0.2) is 0 Å². The highest BCUT2D eigenvalue weighted by atomic mass is 32.1. The summed E-state index contributed by atoms with van der Waals surface area (Å²) in [6.45, 7) is 4.24. The van der Waals surface area contributed by atoms with Crippen molar-refractivity contribution in [1.29, 1.82) is 0 Å². The molecular weight excluding hydrogens is 122 g/mol. The molecule has 0 N–H and O–H groups in total. The average molecular weight is 133 g/mol. The number of carbonyl (C=O) groups excluding carboxylic acids is 1. The summed E-state index contributed by atoms with van der Waals surface area (Å²) in [4.78, 5) is 10.4. The predicted molar refractivity (Wildman–Crippen MR) is 36.7 cm³/mol. The van der Waals surface area contributed by atoms with Crippen LogP contribution < -0.4 is 0 Å². The van der Waals surface area contributed by atoms with Gasteiger partial charge < -0.3 is 0 Å². The molecule has 0 fully saturated rings.